The number of hydrogen-bond donors (Lipinski definition) is 1. The molecule has 1 aromatic heterocycles. The summed E-state index contributed by atoms with van der Waals surface area (Å²) in [5.74, 6) is 0.641. The van der Waals surface area contributed by atoms with Crippen molar-refractivity contribution in [1.29, 1.82) is 0 Å². The molecule has 8 heteroatoms. The molecule has 1 N–H and O–H groups in total. The molecule has 0 radical (unpaired) electrons. The second-order valence-corrected chi connectivity index (χ2v) is 7.11. The van der Waals surface area contributed by atoms with Gasteiger partial charge in [-0.2, -0.15) is 9.40 Å². The second-order valence-electron chi connectivity index (χ2n) is 4.15. The van der Waals surface area contributed by atoms with E-state index in [1.807, 2.05) is 12.1 Å². The molecule has 0 bridgehead atoms. The van der Waals surface area contributed by atoms with E-state index < -0.39 is 10.0 Å². The van der Waals surface area contributed by atoms with E-state index in [9.17, 15) is 8.42 Å². The van der Waals surface area contributed by atoms with Crippen LogP contribution in [0.5, 0.6) is 5.75 Å². The largest absolute Gasteiger partial charge is 0.496 e. The molecule has 0 aliphatic carbocycles. The Morgan fingerprint density at radius 2 is 2.20 bits per heavy atom. The molecule has 0 saturated carbocycles. The van der Waals surface area contributed by atoms with Crippen LogP contribution in [0.15, 0.2) is 40.0 Å². The third kappa shape index (κ3) is 3.02. The Labute approximate surface area is 125 Å². The molecule has 6 nitrogen and oxygen atoms in total. The number of aromatic nitrogens is 2. The van der Waals surface area contributed by atoms with Crippen molar-refractivity contribution in [3.05, 3.63) is 40.6 Å². The summed E-state index contributed by atoms with van der Waals surface area (Å²) >= 11 is 3.37. The first-order chi connectivity index (χ1) is 9.45. The summed E-state index contributed by atoms with van der Waals surface area (Å²) in [5, 5.41) is 6.16. The Balaban J connectivity index is 2.28. The number of halogens is 1. The average molecular weight is 360 g/mol. The first kappa shape index (κ1) is 15.0. The molecular weight excluding hydrogens is 346 g/mol. The van der Waals surface area contributed by atoms with E-state index in [0.717, 1.165) is 10.0 Å². The molecule has 0 atom stereocenters. The number of ether oxygens (including phenoxy) is 1. The van der Waals surface area contributed by atoms with E-state index >= 15 is 0 Å². The lowest BCUT2D eigenvalue weighted by molar-refractivity contribution is 0.398. The van der Waals surface area contributed by atoms with E-state index in [1.54, 1.807) is 13.2 Å². The zero-order chi connectivity index (χ0) is 14.8. The Hall–Kier alpha value is -1.38. The van der Waals surface area contributed by atoms with Crippen LogP contribution in [0.25, 0.3) is 0 Å². The summed E-state index contributed by atoms with van der Waals surface area (Å²) in [5.41, 5.74) is 0.774. The van der Waals surface area contributed by atoms with Gasteiger partial charge < -0.3 is 4.74 Å². The van der Waals surface area contributed by atoms with Crippen LogP contribution in [0, 0.1) is 0 Å². The van der Waals surface area contributed by atoms with Gasteiger partial charge in [-0.1, -0.05) is 15.9 Å². The smallest absolute Gasteiger partial charge is 0.246 e. The fourth-order valence-electron chi connectivity index (χ4n) is 1.76. The average Bonchev–Trinajstić information content (AvgIpc) is 2.93. The minimum Gasteiger partial charge on any atom is -0.496 e. The van der Waals surface area contributed by atoms with E-state index in [4.69, 9.17) is 4.74 Å². The van der Waals surface area contributed by atoms with Crippen molar-refractivity contribution in [2.24, 2.45) is 0 Å². The van der Waals surface area contributed by atoms with Crippen molar-refractivity contribution < 1.29 is 13.2 Å². The van der Waals surface area contributed by atoms with Gasteiger partial charge in [0.05, 0.1) is 13.3 Å². The fraction of sp³-hybridized carbons (Fsp3) is 0.250. The second kappa shape index (κ2) is 5.94. The molecule has 2 aromatic rings. The van der Waals surface area contributed by atoms with Gasteiger partial charge in [-0.25, -0.2) is 8.42 Å². The monoisotopic (exact) mass is 359 g/mol. The number of hydrogen-bond acceptors (Lipinski definition) is 4. The van der Waals surface area contributed by atoms with Gasteiger partial charge in [0.1, 0.15) is 10.6 Å². The zero-order valence-electron chi connectivity index (χ0n) is 11.0. The van der Waals surface area contributed by atoms with Gasteiger partial charge in [0.2, 0.25) is 10.0 Å². The highest BCUT2D eigenvalue weighted by Gasteiger charge is 2.23. The van der Waals surface area contributed by atoms with Gasteiger partial charge in [-0.05, 0) is 18.2 Å². The topological polar surface area (TPSA) is 75.3 Å². The number of sulfonamides is 1. The van der Waals surface area contributed by atoms with Gasteiger partial charge >= 0.3 is 0 Å². The summed E-state index contributed by atoms with van der Waals surface area (Å²) in [6, 6.07) is 5.46. The highest BCUT2D eigenvalue weighted by Crippen LogP contribution is 2.25. The number of rotatable bonds is 5. The number of H-pyrrole nitrogens is 1. The maximum absolute atomic E-state index is 12.3. The molecule has 0 spiro atoms. The number of benzene rings is 1. The summed E-state index contributed by atoms with van der Waals surface area (Å²) in [6.45, 7) is 0.204. The molecule has 0 fully saturated rings. The standard InChI is InChI=1S/C12H14BrN3O3S/c1-16(20(17,18)11-6-14-15-7-11)8-9-5-10(13)3-4-12(9)19-2/h3-7H,8H2,1-2H3,(H,14,15). The predicted molar refractivity (Wildman–Crippen MR) is 77.9 cm³/mol. The maximum Gasteiger partial charge on any atom is 0.246 e. The van der Waals surface area contributed by atoms with Crippen molar-refractivity contribution in [2.75, 3.05) is 14.2 Å². The van der Waals surface area contributed by atoms with E-state index in [1.165, 1.54) is 23.7 Å². The van der Waals surface area contributed by atoms with Crippen molar-refractivity contribution in [2.45, 2.75) is 11.4 Å². The minimum absolute atomic E-state index is 0.133. The summed E-state index contributed by atoms with van der Waals surface area (Å²) in [6.07, 6.45) is 2.63. The van der Waals surface area contributed by atoms with E-state index in [0.29, 0.717) is 5.75 Å². The van der Waals surface area contributed by atoms with E-state index in [-0.39, 0.29) is 11.4 Å². The van der Waals surface area contributed by atoms with Crippen LogP contribution >= 0.6 is 15.9 Å². The van der Waals surface area contributed by atoms with Crippen molar-refractivity contribution in [3.8, 4) is 5.75 Å². The Morgan fingerprint density at radius 1 is 1.45 bits per heavy atom. The Morgan fingerprint density at radius 3 is 2.80 bits per heavy atom. The first-order valence-electron chi connectivity index (χ1n) is 5.72. The fourth-order valence-corrected chi connectivity index (χ4v) is 3.22. The van der Waals surface area contributed by atoms with Crippen LogP contribution in [-0.4, -0.2) is 37.1 Å². The lowest BCUT2D eigenvalue weighted by Crippen LogP contribution is -2.26. The molecule has 1 aromatic carbocycles. The van der Waals surface area contributed by atoms with Crippen LogP contribution in [0.3, 0.4) is 0 Å². The van der Waals surface area contributed by atoms with Crippen molar-refractivity contribution in [3.63, 3.8) is 0 Å². The number of aromatic amines is 1. The number of nitrogens with one attached hydrogen (secondary N) is 1. The highest BCUT2D eigenvalue weighted by atomic mass is 79.9. The van der Waals surface area contributed by atoms with Crippen LogP contribution in [0.4, 0.5) is 0 Å². The molecule has 0 aliphatic heterocycles. The van der Waals surface area contributed by atoms with Gasteiger partial charge in [0.25, 0.3) is 0 Å². The lowest BCUT2D eigenvalue weighted by atomic mass is 10.2. The van der Waals surface area contributed by atoms with Crippen LogP contribution < -0.4 is 4.74 Å². The molecule has 2 rings (SSSR count). The third-order valence-corrected chi connectivity index (χ3v) is 5.08. The molecule has 20 heavy (non-hydrogen) atoms. The third-order valence-electron chi connectivity index (χ3n) is 2.82. The normalized spacial score (nSPS) is 11.8. The summed E-state index contributed by atoms with van der Waals surface area (Å²) in [4.78, 5) is 0.133. The van der Waals surface area contributed by atoms with Gasteiger partial charge in [0.15, 0.2) is 0 Å². The molecule has 0 amide bonds. The molecule has 108 valence electrons. The molecule has 0 unspecified atom stereocenters. The Bertz CT molecular complexity index is 686. The minimum atomic E-state index is -3.56. The van der Waals surface area contributed by atoms with Crippen molar-refractivity contribution >= 4 is 26.0 Å². The predicted octanol–water partition coefficient (Wildman–Crippen LogP) is 2.00. The SMILES string of the molecule is COc1ccc(Br)cc1CN(C)S(=O)(=O)c1cn[nH]c1. The van der Waals surface area contributed by atoms with Crippen LogP contribution in [0.2, 0.25) is 0 Å². The van der Waals surface area contributed by atoms with Gasteiger partial charge in [0, 0.05) is 29.8 Å². The summed E-state index contributed by atoms with van der Waals surface area (Å²) < 4.78 is 32.0. The molecule has 0 saturated heterocycles. The van der Waals surface area contributed by atoms with Gasteiger partial charge in [-0.15, -0.1) is 0 Å². The van der Waals surface area contributed by atoms with Gasteiger partial charge in [-0.3, -0.25) is 5.10 Å². The van der Waals surface area contributed by atoms with E-state index in [2.05, 4.69) is 26.1 Å². The lowest BCUT2D eigenvalue weighted by Gasteiger charge is -2.18. The number of nitrogens with zero attached hydrogens (tertiary/aromatic N) is 2. The zero-order valence-corrected chi connectivity index (χ0v) is 13.4. The number of methoxy groups -OCH3 is 1. The first-order valence-corrected chi connectivity index (χ1v) is 7.96. The van der Waals surface area contributed by atoms with Crippen molar-refractivity contribution in [1.82, 2.24) is 14.5 Å². The highest BCUT2D eigenvalue weighted by molar-refractivity contribution is 9.10. The van der Waals surface area contributed by atoms with Crippen LogP contribution in [-0.2, 0) is 16.6 Å². The Kier molecular flexibility index (Phi) is 4.46. The molecular formula is C12H14BrN3O3S. The molecule has 0 aliphatic rings. The summed E-state index contributed by atoms with van der Waals surface area (Å²) in [7, 11) is -0.494. The molecule has 1 heterocycles. The quantitative estimate of drug-likeness (QED) is 0.885. The van der Waals surface area contributed by atoms with Crippen LogP contribution in [0.1, 0.15) is 5.56 Å². The maximum atomic E-state index is 12.3.